The molecular weight excluding hydrogens is 322 g/mol. The van der Waals surface area contributed by atoms with Gasteiger partial charge in [-0.3, -0.25) is 0 Å². The first-order chi connectivity index (χ1) is 8.00. The number of sulfone groups is 1. The highest BCUT2D eigenvalue weighted by atomic mass is 79.9. The summed E-state index contributed by atoms with van der Waals surface area (Å²) in [7, 11) is -3.38. The van der Waals surface area contributed by atoms with Crippen LogP contribution in [0.15, 0.2) is 45.1 Å². The first kappa shape index (κ1) is 12.6. The SMILES string of the molecule is Nc1ccccc1S(=O)(=O)Cc1sccc1Br. The quantitative estimate of drug-likeness (QED) is 0.879. The van der Waals surface area contributed by atoms with Crippen LogP contribution in [0.4, 0.5) is 5.69 Å². The van der Waals surface area contributed by atoms with Crippen LogP contribution in [0.25, 0.3) is 0 Å². The van der Waals surface area contributed by atoms with E-state index < -0.39 is 9.84 Å². The molecule has 3 nitrogen and oxygen atoms in total. The minimum atomic E-state index is -3.38. The van der Waals surface area contributed by atoms with Crippen LogP contribution in [0.5, 0.6) is 0 Å². The molecule has 90 valence electrons. The normalized spacial score (nSPS) is 11.6. The van der Waals surface area contributed by atoms with Crippen molar-refractivity contribution in [2.24, 2.45) is 0 Å². The van der Waals surface area contributed by atoms with Crippen molar-refractivity contribution in [1.29, 1.82) is 0 Å². The third-order valence-electron chi connectivity index (χ3n) is 2.27. The first-order valence-electron chi connectivity index (χ1n) is 4.80. The number of hydrogen-bond donors (Lipinski definition) is 1. The minimum Gasteiger partial charge on any atom is -0.398 e. The average molecular weight is 332 g/mol. The summed E-state index contributed by atoms with van der Waals surface area (Å²) >= 11 is 4.73. The Balaban J connectivity index is 2.39. The van der Waals surface area contributed by atoms with E-state index in [-0.39, 0.29) is 10.6 Å². The summed E-state index contributed by atoms with van der Waals surface area (Å²) in [6.45, 7) is 0. The van der Waals surface area contributed by atoms with Crippen LogP contribution in [-0.2, 0) is 15.6 Å². The van der Waals surface area contributed by atoms with E-state index in [1.165, 1.54) is 17.4 Å². The lowest BCUT2D eigenvalue weighted by Gasteiger charge is -2.06. The van der Waals surface area contributed by atoms with Gasteiger partial charge in [-0.15, -0.1) is 11.3 Å². The van der Waals surface area contributed by atoms with Gasteiger partial charge in [0.25, 0.3) is 0 Å². The second-order valence-corrected chi connectivity index (χ2v) is 7.30. The van der Waals surface area contributed by atoms with Crippen molar-refractivity contribution in [3.8, 4) is 0 Å². The molecule has 0 saturated heterocycles. The van der Waals surface area contributed by atoms with Crippen LogP contribution in [0.3, 0.4) is 0 Å². The molecule has 0 fully saturated rings. The molecule has 0 aliphatic heterocycles. The molecule has 0 aliphatic rings. The Morgan fingerprint density at radius 3 is 2.53 bits per heavy atom. The number of thiophene rings is 1. The largest absolute Gasteiger partial charge is 0.398 e. The van der Waals surface area contributed by atoms with Gasteiger partial charge in [0.15, 0.2) is 9.84 Å². The Labute approximate surface area is 112 Å². The summed E-state index contributed by atoms with van der Waals surface area (Å²) in [4.78, 5) is 0.980. The molecule has 0 radical (unpaired) electrons. The predicted octanol–water partition coefficient (Wildman–Crippen LogP) is 3.07. The van der Waals surface area contributed by atoms with Gasteiger partial charge in [0.05, 0.1) is 16.3 Å². The Bertz CT molecular complexity index is 634. The number of anilines is 1. The molecule has 1 aromatic heterocycles. The van der Waals surface area contributed by atoms with Crippen LogP contribution in [0.2, 0.25) is 0 Å². The van der Waals surface area contributed by atoms with Gasteiger partial charge < -0.3 is 5.73 Å². The summed E-state index contributed by atoms with van der Waals surface area (Å²) in [5, 5.41) is 1.85. The summed E-state index contributed by atoms with van der Waals surface area (Å²) in [5.74, 6) is -0.0283. The maximum absolute atomic E-state index is 12.2. The fourth-order valence-electron chi connectivity index (χ4n) is 1.44. The zero-order chi connectivity index (χ0) is 12.5. The van der Waals surface area contributed by atoms with Crippen LogP contribution in [0, 0.1) is 0 Å². The van der Waals surface area contributed by atoms with Crippen molar-refractivity contribution in [2.75, 3.05) is 5.73 Å². The number of hydrogen-bond acceptors (Lipinski definition) is 4. The molecule has 0 spiro atoms. The number of halogens is 1. The molecule has 2 aromatic rings. The van der Waals surface area contributed by atoms with Gasteiger partial charge in [0.2, 0.25) is 0 Å². The number of nitrogen functional groups attached to an aromatic ring is 1. The standard InChI is InChI=1S/C11H10BrNO2S2/c12-8-5-6-16-10(8)7-17(14,15)11-4-2-1-3-9(11)13/h1-6H,7,13H2. The fourth-order valence-corrected chi connectivity index (χ4v) is 5.01. The van der Waals surface area contributed by atoms with Gasteiger partial charge in [-0.05, 0) is 39.5 Å². The van der Waals surface area contributed by atoms with Crippen molar-refractivity contribution in [1.82, 2.24) is 0 Å². The van der Waals surface area contributed by atoms with Crippen molar-refractivity contribution in [3.05, 3.63) is 45.1 Å². The molecule has 1 heterocycles. The Morgan fingerprint density at radius 1 is 1.24 bits per heavy atom. The minimum absolute atomic E-state index is 0.0283. The van der Waals surface area contributed by atoms with Crippen molar-refractivity contribution in [3.63, 3.8) is 0 Å². The van der Waals surface area contributed by atoms with E-state index in [1.54, 1.807) is 18.2 Å². The lowest BCUT2D eigenvalue weighted by molar-refractivity contribution is 0.596. The number of rotatable bonds is 3. The number of para-hydroxylation sites is 1. The molecule has 0 atom stereocenters. The molecule has 0 bridgehead atoms. The lowest BCUT2D eigenvalue weighted by atomic mass is 10.3. The molecule has 2 N–H and O–H groups in total. The monoisotopic (exact) mass is 331 g/mol. The zero-order valence-electron chi connectivity index (χ0n) is 8.76. The van der Waals surface area contributed by atoms with Gasteiger partial charge in [0.1, 0.15) is 0 Å². The van der Waals surface area contributed by atoms with Crippen molar-refractivity contribution in [2.45, 2.75) is 10.6 Å². The maximum atomic E-state index is 12.2. The molecule has 0 amide bonds. The highest BCUT2D eigenvalue weighted by Gasteiger charge is 2.19. The third-order valence-corrected chi connectivity index (χ3v) is 6.09. The van der Waals surface area contributed by atoms with Crippen LogP contribution >= 0.6 is 27.3 Å². The van der Waals surface area contributed by atoms with Gasteiger partial charge in [0, 0.05) is 9.35 Å². The highest BCUT2D eigenvalue weighted by Crippen LogP contribution is 2.28. The topological polar surface area (TPSA) is 60.2 Å². The predicted molar refractivity (Wildman–Crippen MR) is 73.8 cm³/mol. The van der Waals surface area contributed by atoms with Gasteiger partial charge in [-0.1, -0.05) is 12.1 Å². The Morgan fingerprint density at radius 2 is 1.94 bits per heavy atom. The van der Waals surface area contributed by atoms with Crippen LogP contribution in [0.1, 0.15) is 4.88 Å². The lowest BCUT2D eigenvalue weighted by Crippen LogP contribution is -2.07. The zero-order valence-corrected chi connectivity index (χ0v) is 12.0. The van der Waals surface area contributed by atoms with E-state index in [0.29, 0.717) is 5.69 Å². The number of nitrogens with two attached hydrogens (primary N) is 1. The molecule has 0 aliphatic carbocycles. The van der Waals surface area contributed by atoms with Crippen molar-refractivity contribution >= 4 is 42.8 Å². The molecule has 0 unspecified atom stereocenters. The van der Waals surface area contributed by atoms with E-state index in [9.17, 15) is 8.42 Å². The van der Waals surface area contributed by atoms with E-state index in [4.69, 9.17) is 5.73 Å². The summed E-state index contributed by atoms with van der Waals surface area (Å²) in [5.41, 5.74) is 5.98. The molecule has 2 rings (SSSR count). The number of benzene rings is 1. The van der Waals surface area contributed by atoms with Crippen molar-refractivity contribution < 1.29 is 8.42 Å². The smallest absolute Gasteiger partial charge is 0.185 e. The Hall–Kier alpha value is -0.850. The van der Waals surface area contributed by atoms with Gasteiger partial charge in [-0.25, -0.2) is 8.42 Å². The fraction of sp³-hybridized carbons (Fsp3) is 0.0909. The second kappa shape index (κ2) is 4.80. The third kappa shape index (κ3) is 2.70. The summed E-state index contributed by atoms with van der Waals surface area (Å²) < 4.78 is 25.2. The summed E-state index contributed by atoms with van der Waals surface area (Å²) in [6, 6.07) is 8.36. The maximum Gasteiger partial charge on any atom is 0.185 e. The molecule has 6 heteroatoms. The van der Waals surface area contributed by atoms with Gasteiger partial charge in [-0.2, -0.15) is 0 Å². The molecule has 0 saturated carbocycles. The van der Waals surface area contributed by atoms with E-state index in [0.717, 1.165) is 9.35 Å². The van der Waals surface area contributed by atoms with E-state index in [1.807, 2.05) is 11.4 Å². The van der Waals surface area contributed by atoms with Crippen LogP contribution < -0.4 is 5.73 Å². The Kier molecular flexibility index (Phi) is 3.56. The molecule has 17 heavy (non-hydrogen) atoms. The molecular formula is C11H10BrNO2S2. The summed E-state index contributed by atoms with van der Waals surface area (Å²) in [6.07, 6.45) is 0. The average Bonchev–Trinajstić information content (AvgIpc) is 2.64. The van der Waals surface area contributed by atoms with Gasteiger partial charge >= 0.3 is 0 Å². The highest BCUT2D eigenvalue weighted by molar-refractivity contribution is 9.10. The van der Waals surface area contributed by atoms with E-state index in [2.05, 4.69) is 15.9 Å². The first-order valence-corrected chi connectivity index (χ1v) is 8.12. The van der Waals surface area contributed by atoms with Crippen LogP contribution in [-0.4, -0.2) is 8.42 Å². The molecule has 1 aromatic carbocycles. The second-order valence-electron chi connectivity index (χ2n) is 3.49. The van der Waals surface area contributed by atoms with E-state index >= 15 is 0 Å².